The van der Waals surface area contributed by atoms with Crippen LogP contribution in [0.2, 0.25) is 0 Å². The van der Waals surface area contributed by atoms with Gasteiger partial charge in [-0.3, -0.25) is 4.79 Å². The number of nitrogens with zero attached hydrogens (tertiary/aromatic N) is 1. The smallest absolute Gasteiger partial charge is 0.228 e. The van der Waals surface area contributed by atoms with E-state index in [4.69, 9.17) is 9.47 Å². The molecule has 1 aromatic rings. The van der Waals surface area contributed by atoms with Crippen molar-refractivity contribution in [3.05, 3.63) is 29.3 Å². The third kappa shape index (κ3) is 2.52. The van der Waals surface area contributed by atoms with Crippen molar-refractivity contribution in [2.24, 2.45) is 5.92 Å². The summed E-state index contributed by atoms with van der Waals surface area (Å²) in [5.41, 5.74) is 2.53. The molecule has 1 heterocycles. The molecule has 1 amide bonds. The van der Waals surface area contributed by atoms with Gasteiger partial charge in [-0.2, -0.15) is 0 Å². The van der Waals surface area contributed by atoms with Gasteiger partial charge in [-0.1, -0.05) is 6.07 Å². The monoisotopic (exact) mass is 275 g/mol. The van der Waals surface area contributed by atoms with Crippen LogP contribution in [0, 0.1) is 5.92 Å². The molecule has 0 bridgehead atoms. The van der Waals surface area contributed by atoms with E-state index >= 15 is 0 Å². The van der Waals surface area contributed by atoms with Crippen LogP contribution in [0.3, 0.4) is 0 Å². The Hall–Kier alpha value is -1.55. The number of fused-ring (bicyclic) bond motifs is 1. The standard InChI is InChI=1S/C16H21NO3/c1-3-20-15-9-14(15)16(18)17-7-6-11-4-5-13(19-2)8-12(11)10-17/h4-5,8,14-15H,3,6-7,9-10H2,1-2H3/t14-,15-/m1/s1. The lowest BCUT2D eigenvalue weighted by atomic mass is 9.99. The van der Waals surface area contributed by atoms with Gasteiger partial charge in [0.15, 0.2) is 0 Å². The lowest BCUT2D eigenvalue weighted by molar-refractivity contribution is -0.134. The number of methoxy groups -OCH3 is 1. The molecule has 0 N–H and O–H groups in total. The van der Waals surface area contributed by atoms with Crippen LogP contribution < -0.4 is 4.74 Å². The van der Waals surface area contributed by atoms with Gasteiger partial charge in [0.25, 0.3) is 0 Å². The number of carbonyl (C=O) groups is 1. The van der Waals surface area contributed by atoms with E-state index in [1.807, 2.05) is 24.0 Å². The number of carbonyl (C=O) groups excluding carboxylic acids is 1. The van der Waals surface area contributed by atoms with Gasteiger partial charge in [0, 0.05) is 19.7 Å². The van der Waals surface area contributed by atoms with Crippen LogP contribution in [0.1, 0.15) is 24.5 Å². The van der Waals surface area contributed by atoms with Gasteiger partial charge in [-0.25, -0.2) is 0 Å². The molecule has 0 radical (unpaired) electrons. The molecule has 0 aromatic heterocycles. The second-order valence-electron chi connectivity index (χ2n) is 5.48. The van der Waals surface area contributed by atoms with E-state index in [9.17, 15) is 4.79 Å². The van der Waals surface area contributed by atoms with Crippen LogP contribution in [-0.4, -0.2) is 37.2 Å². The summed E-state index contributed by atoms with van der Waals surface area (Å²) in [6, 6.07) is 6.14. The molecule has 108 valence electrons. The van der Waals surface area contributed by atoms with E-state index in [-0.39, 0.29) is 17.9 Å². The summed E-state index contributed by atoms with van der Waals surface area (Å²) in [5.74, 6) is 1.19. The summed E-state index contributed by atoms with van der Waals surface area (Å²) in [6.07, 6.45) is 1.96. The zero-order valence-electron chi connectivity index (χ0n) is 12.1. The van der Waals surface area contributed by atoms with E-state index < -0.39 is 0 Å². The van der Waals surface area contributed by atoms with E-state index in [1.165, 1.54) is 11.1 Å². The SMILES string of the molecule is CCO[C@@H]1C[C@H]1C(=O)N1CCc2ccc(OC)cc2C1. The van der Waals surface area contributed by atoms with Gasteiger partial charge < -0.3 is 14.4 Å². The summed E-state index contributed by atoms with van der Waals surface area (Å²) < 4.78 is 10.8. The van der Waals surface area contributed by atoms with Gasteiger partial charge in [-0.15, -0.1) is 0 Å². The Morgan fingerprint density at radius 2 is 2.25 bits per heavy atom. The first-order chi connectivity index (χ1) is 9.72. The normalized spacial score (nSPS) is 24.2. The largest absolute Gasteiger partial charge is 0.497 e. The number of amides is 1. The predicted molar refractivity (Wildman–Crippen MR) is 75.6 cm³/mol. The molecule has 0 spiro atoms. The van der Waals surface area contributed by atoms with Crippen LogP contribution in [0.4, 0.5) is 0 Å². The minimum atomic E-state index is 0.0853. The zero-order chi connectivity index (χ0) is 14.1. The highest BCUT2D eigenvalue weighted by Crippen LogP contribution is 2.36. The number of rotatable bonds is 4. The Labute approximate surface area is 119 Å². The summed E-state index contributed by atoms with van der Waals surface area (Å²) in [5, 5.41) is 0. The summed E-state index contributed by atoms with van der Waals surface area (Å²) in [4.78, 5) is 14.4. The third-order valence-corrected chi connectivity index (χ3v) is 4.17. The summed E-state index contributed by atoms with van der Waals surface area (Å²) in [6.45, 7) is 4.17. The maximum atomic E-state index is 12.4. The molecule has 2 atom stereocenters. The highest BCUT2D eigenvalue weighted by atomic mass is 16.5. The first-order valence-electron chi connectivity index (χ1n) is 7.29. The van der Waals surface area contributed by atoms with Crippen molar-refractivity contribution >= 4 is 5.91 Å². The lowest BCUT2D eigenvalue weighted by Gasteiger charge is -2.29. The van der Waals surface area contributed by atoms with Gasteiger partial charge in [0.2, 0.25) is 5.91 Å². The first kappa shape index (κ1) is 13.4. The maximum Gasteiger partial charge on any atom is 0.228 e. The summed E-state index contributed by atoms with van der Waals surface area (Å²) >= 11 is 0. The van der Waals surface area contributed by atoms with Crippen LogP contribution in [0.25, 0.3) is 0 Å². The van der Waals surface area contributed by atoms with Gasteiger partial charge in [0.05, 0.1) is 19.1 Å². The van der Waals surface area contributed by atoms with Crippen LogP contribution in [-0.2, 0) is 22.5 Å². The second kappa shape index (κ2) is 5.44. The molecule has 3 rings (SSSR count). The highest BCUT2D eigenvalue weighted by Gasteiger charge is 2.46. The number of ether oxygens (including phenoxy) is 2. The van der Waals surface area contributed by atoms with Crippen LogP contribution in [0.5, 0.6) is 5.75 Å². The average Bonchev–Trinajstić information content (AvgIpc) is 3.25. The molecule has 2 aliphatic rings. The van der Waals surface area contributed by atoms with Crippen molar-refractivity contribution in [3.8, 4) is 5.75 Å². The van der Waals surface area contributed by atoms with Gasteiger partial charge in [-0.05, 0) is 43.0 Å². The fourth-order valence-corrected chi connectivity index (χ4v) is 2.91. The molecule has 1 aromatic carbocycles. The second-order valence-corrected chi connectivity index (χ2v) is 5.48. The fraction of sp³-hybridized carbons (Fsp3) is 0.562. The van der Waals surface area contributed by atoms with Gasteiger partial charge >= 0.3 is 0 Å². The zero-order valence-corrected chi connectivity index (χ0v) is 12.1. The molecule has 1 aliphatic carbocycles. The van der Waals surface area contributed by atoms with Gasteiger partial charge in [0.1, 0.15) is 5.75 Å². The van der Waals surface area contributed by atoms with E-state index in [0.717, 1.165) is 25.1 Å². The molecular formula is C16H21NO3. The molecule has 1 fully saturated rings. The lowest BCUT2D eigenvalue weighted by Crippen LogP contribution is -2.37. The van der Waals surface area contributed by atoms with Crippen molar-refractivity contribution < 1.29 is 14.3 Å². The molecule has 4 nitrogen and oxygen atoms in total. The number of benzene rings is 1. The Bertz CT molecular complexity index is 514. The first-order valence-corrected chi connectivity index (χ1v) is 7.29. The van der Waals surface area contributed by atoms with Crippen molar-refractivity contribution in [2.45, 2.75) is 32.4 Å². The Morgan fingerprint density at radius 3 is 3.00 bits per heavy atom. The summed E-state index contributed by atoms with van der Waals surface area (Å²) in [7, 11) is 1.67. The Morgan fingerprint density at radius 1 is 1.40 bits per heavy atom. The fourth-order valence-electron chi connectivity index (χ4n) is 2.91. The van der Waals surface area contributed by atoms with Crippen molar-refractivity contribution in [2.75, 3.05) is 20.3 Å². The average molecular weight is 275 g/mol. The molecule has 1 saturated carbocycles. The van der Waals surface area contributed by atoms with E-state index in [1.54, 1.807) is 7.11 Å². The van der Waals surface area contributed by atoms with Crippen molar-refractivity contribution in [3.63, 3.8) is 0 Å². The predicted octanol–water partition coefficient (Wildman–Crippen LogP) is 2.00. The third-order valence-electron chi connectivity index (χ3n) is 4.17. The maximum absolute atomic E-state index is 12.4. The molecule has 1 aliphatic heterocycles. The molecule has 20 heavy (non-hydrogen) atoms. The molecule has 0 unspecified atom stereocenters. The number of hydrogen-bond acceptors (Lipinski definition) is 3. The topological polar surface area (TPSA) is 38.8 Å². The van der Waals surface area contributed by atoms with Crippen molar-refractivity contribution in [1.82, 2.24) is 4.90 Å². The minimum absolute atomic E-state index is 0.0853. The van der Waals surface area contributed by atoms with Crippen molar-refractivity contribution in [1.29, 1.82) is 0 Å². The Balaban J connectivity index is 1.67. The molecule has 4 heteroatoms. The quantitative estimate of drug-likeness (QED) is 0.843. The molecule has 0 saturated heterocycles. The van der Waals surface area contributed by atoms with Crippen LogP contribution in [0.15, 0.2) is 18.2 Å². The van der Waals surface area contributed by atoms with E-state index in [0.29, 0.717) is 13.2 Å². The number of hydrogen-bond donors (Lipinski definition) is 0. The minimum Gasteiger partial charge on any atom is -0.497 e. The van der Waals surface area contributed by atoms with E-state index in [2.05, 4.69) is 6.07 Å². The highest BCUT2D eigenvalue weighted by molar-refractivity contribution is 5.82. The Kier molecular flexibility index (Phi) is 3.66. The molecular weight excluding hydrogens is 254 g/mol. The van der Waals surface area contributed by atoms with Crippen LogP contribution >= 0.6 is 0 Å².